The van der Waals surface area contributed by atoms with Gasteiger partial charge in [-0.15, -0.1) is 0 Å². The Labute approximate surface area is 147 Å². The molecule has 1 N–H and O–H groups in total. The Hall–Kier alpha value is -2.88. The van der Waals surface area contributed by atoms with Gasteiger partial charge in [-0.2, -0.15) is 0 Å². The van der Waals surface area contributed by atoms with Crippen LogP contribution < -0.4 is 9.88 Å². The van der Waals surface area contributed by atoms with Crippen LogP contribution in [0.3, 0.4) is 0 Å². The van der Waals surface area contributed by atoms with Gasteiger partial charge in [-0.25, -0.2) is 9.13 Å². The molecule has 1 amide bonds. The Morgan fingerprint density at radius 2 is 1.88 bits per heavy atom. The lowest BCUT2D eigenvalue weighted by atomic mass is 10.2. The largest absolute Gasteiger partial charge is 0.323 e. The highest BCUT2D eigenvalue weighted by molar-refractivity contribution is 5.89. The number of amides is 1. The molecule has 126 valence electrons. The van der Waals surface area contributed by atoms with Gasteiger partial charge in [0.05, 0.1) is 13.0 Å². The van der Waals surface area contributed by atoms with Crippen molar-refractivity contribution in [2.24, 2.45) is 0 Å². The van der Waals surface area contributed by atoms with E-state index in [0.29, 0.717) is 6.54 Å². The van der Waals surface area contributed by atoms with Crippen molar-refractivity contribution in [1.82, 2.24) is 4.57 Å². The summed E-state index contributed by atoms with van der Waals surface area (Å²) in [6.07, 6.45) is 4.26. The van der Waals surface area contributed by atoms with Crippen LogP contribution in [0.15, 0.2) is 60.8 Å². The van der Waals surface area contributed by atoms with Crippen LogP contribution in [0.4, 0.5) is 5.69 Å². The Bertz CT molecular complexity index is 895. The zero-order valence-electron chi connectivity index (χ0n) is 14.4. The summed E-state index contributed by atoms with van der Waals surface area (Å²) in [5.74, 6) is 1.24. The summed E-state index contributed by atoms with van der Waals surface area (Å²) < 4.78 is 4.44. The first-order valence-corrected chi connectivity index (χ1v) is 8.74. The van der Waals surface area contributed by atoms with E-state index in [1.807, 2.05) is 37.3 Å². The first kappa shape index (κ1) is 15.6. The van der Waals surface area contributed by atoms with Gasteiger partial charge >= 0.3 is 0 Å². The molecule has 0 saturated heterocycles. The maximum Gasteiger partial charge on any atom is 0.266 e. The van der Waals surface area contributed by atoms with E-state index in [9.17, 15) is 4.79 Å². The van der Waals surface area contributed by atoms with Crippen LogP contribution in [0.2, 0.25) is 0 Å². The van der Waals surface area contributed by atoms with Gasteiger partial charge in [0.2, 0.25) is 0 Å². The summed E-state index contributed by atoms with van der Waals surface area (Å²) >= 11 is 0. The SMILES string of the molecule is Cc1ccc(NC(=O)C[n+]2cc(-c3ccccc3)n3c2CCC3)cc1. The Morgan fingerprint density at radius 1 is 1.12 bits per heavy atom. The summed E-state index contributed by atoms with van der Waals surface area (Å²) in [6, 6.07) is 18.3. The molecule has 0 fully saturated rings. The number of benzene rings is 2. The number of aromatic nitrogens is 2. The zero-order valence-corrected chi connectivity index (χ0v) is 14.4. The first-order chi connectivity index (χ1) is 12.2. The quantitative estimate of drug-likeness (QED) is 0.731. The molecule has 0 saturated carbocycles. The third kappa shape index (κ3) is 3.20. The van der Waals surface area contributed by atoms with E-state index in [2.05, 4.69) is 44.9 Å². The second kappa shape index (κ2) is 6.55. The monoisotopic (exact) mass is 332 g/mol. The van der Waals surface area contributed by atoms with Crippen LogP contribution >= 0.6 is 0 Å². The number of anilines is 1. The fourth-order valence-corrected chi connectivity index (χ4v) is 3.48. The maximum atomic E-state index is 12.5. The number of imidazole rings is 1. The van der Waals surface area contributed by atoms with Crippen LogP contribution in [0.5, 0.6) is 0 Å². The molecule has 2 aromatic carbocycles. The molecule has 2 heterocycles. The molecular formula is C21H22N3O+. The number of hydrogen-bond donors (Lipinski definition) is 1. The molecular weight excluding hydrogens is 310 g/mol. The van der Waals surface area contributed by atoms with Crippen molar-refractivity contribution in [2.45, 2.75) is 32.9 Å². The summed E-state index contributed by atoms with van der Waals surface area (Å²) in [7, 11) is 0. The van der Waals surface area contributed by atoms with Gasteiger partial charge in [0.15, 0.2) is 12.2 Å². The molecule has 1 aromatic heterocycles. The van der Waals surface area contributed by atoms with Crippen molar-refractivity contribution < 1.29 is 9.36 Å². The van der Waals surface area contributed by atoms with Gasteiger partial charge in [0, 0.05) is 11.3 Å². The Morgan fingerprint density at radius 3 is 2.64 bits per heavy atom. The van der Waals surface area contributed by atoms with Crippen LogP contribution in [-0.2, 0) is 24.3 Å². The summed E-state index contributed by atoms with van der Waals surface area (Å²) in [4.78, 5) is 12.5. The predicted octanol–water partition coefficient (Wildman–Crippen LogP) is 3.34. The Balaban J connectivity index is 1.57. The van der Waals surface area contributed by atoms with E-state index in [4.69, 9.17) is 0 Å². The van der Waals surface area contributed by atoms with E-state index >= 15 is 0 Å². The van der Waals surface area contributed by atoms with Crippen molar-refractivity contribution in [1.29, 1.82) is 0 Å². The number of nitrogens with one attached hydrogen (secondary N) is 1. The highest BCUT2D eigenvalue weighted by Gasteiger charge is 2.29. The predicted molar refractivity (Wildman–Crippen MR) is 98.2 cm³/mol. The van der Waals surface area contributed by atoms with Gasteiger partial charge in [0.1, 0.15) is 6.20 Å². The third-order valence-electron chi connectivity index (χ3n) is 4.71. The summed E-state index contributed by atoms with van der Waals surface area (Å²) in [6.45, 7) is 3.40. The average Bonchev–Trinajstić information content (AvgIpc) is 3.22. The van der Waals surface area contributed by atoms with Gasteiger partial charge in [-0.1, -0.05) is 48.0 Å². The van der Waals surface area contributed by atoms with Crippen molar-refractivity contribution >= 4 is 11.6 Å². The molecule has 1 aliphatic rings. The number of carbonyl (C=O) groups is 1. The minimum atomic E-state index is 0.00812. The standard InChI is InChI=1S/C21H21N3O/c1-16-9-11-18(12-10-16)22-20(25)15-23-14-19(17-6-3-2-4-7-17)24-13-5-8-21(23)24/h2-4,6-7,9-12,14H,5,8,13,15H2,1H3/p+1. The summed E-state index contributed by atoms with van der Waals surface area (Å²) in [5.41, 5.74) is 4.42. The van der Waals surface area contributed by atoms with E-state index in [-0.39, 0.29) is 5.91 Å². The van der Waals surface area contributed by atoms with E-state index in [1.54, 1.807) is 0 Å². The van der Waals surface area contributed by atoms with Gasteiger partial charge in [0.25, 0.3) is 11.7 Å². The van der Waals surface area contributed by atoms with Crippen molar-refractivity contribution in [3.8, 4) is 11.3 Å². The molecule has 1 aliphatic heterocycles. The van der Waals surface area contributed by atoms with E-state index in [0.717, 1.165) is 25.1 Å². The lowest BCUT2D eigenvalue weighted by Gasteiger charge is -2.04. The van der Waals surface area contributed by atoms with Crippen LogP contribution in [0, 0.1) is 6.92 Å². The third-order valence-corrected chi connectivity index (χ3v) is 4.71. The van der Waals surface area contributed by atoms with Crippen LogP contribution in [-0.4, -0.2) is 10.5 Å². The lowest BCUT2D eigenvalue weighted by Crippen LogP contribution is -2.42. The lowest BCUT2D eigenvalue weighted by molar-refractivity contribution is -0.690. The van der Waals surface area contributed by atoms with E-state index < -0.39 is 0 Å². The molecule has 25 heavy (non-hydrogen) atoms. The second-order valence-corrected chi connectivity index (χ2v) is 6.59. The van der Waals surface area contributed by atoms with E-state index in [1.165, 1.54) is 22.6 Å². The molecule has 0 atom stereocenters. The fraction of sp³-hybridized carbons (Fsp3) is 0.238. The number of aryl methyl sites for hydroxylation is 1. The normalized spacial score (nSPS) is 12.8. The van der Waals surface area contributed by atoms with Crippen molar-refractivity contribution in [2.75, 3.05) is 5.32 Å². The molecule has 4 heteroatoms. The molecule has 4 nitrogen and oxygen atoms in total. The smallest absolute Gasteiger partial charge is 0.266 e. The zero-order chi connectivity index (χ0) is 17.2. The minimum Gasteiger partial charge on any atom is -0.323 e. The molecule has 0 aliphatic carbocycles. The Kier molecular flexibility index (Phi) is 4.10. The average molecular weight is 332 g/mol. The fourth-order valence-electron chi connectivity index (χ4n) is 3.48. The molecule has 0 bridgehead atoms. The molecule has 0 unspecified atom stereocenters. The molecule has 3 aromatic rings. The second-order valence-electron chi connectivity index (χ2n) is 6.59. The van der Waals surface area contributed by atoms with Gasteiger partial charge in [-0.3, -0.25) is 4.79 Å². The van der Waals surface area contributed by atoms with Crippen molar-refractivity contribution in [3.05, 3.63) is 72.2 Å². The van der Waals surface area contributed by atoms with Gasteiger partial charge < -0.3 is 5.32 Å². The highest BCUT2D eigenvalue weighted by atomic mass is 16.1. The number of rotatable bonds is 4. The topological polar surface area (TPSA) is 37.9 Å². The first-order valence-electron chi connectivity index (χ1n) is 8.74. The van der Waals surface area contributed by atoms with Gasteiger partial charge in [-0.05, 0) is 25.5 Å². The number of fused-ring (bicyclic) bond motifs is 1. The molecule has 0 spiro atoms. The highest BCUT2D eigenvalue weighted by Crippen LogP contribution is 2.24. The molecule has 0 radical (unpaired) electrons. The molecule has 4 rings (SSSR count). The number of nitrogens with zero attached hydrogens (tertiary/aromatic N) is 2. The number of hydrogen-bond acceptors (Lipinski definition) is 1. The maximum absolute atomic E-state index is 12.5. The van der Waals surface area contributed by atoms with Crippen LogP contribution in [0.1, 0.15) is 17.8 Å². The summed E-state index contributed by atoms with van der Waals surface area (Å²) in [5, 5.41) is 2.99. The minimum absolute atomic E-state index is 0.00812. The van der Waals surface area contributed by atoms with Crippen LogP contribution in [0.25, 0.3) is 11.3 Å². The number of carbonyl (C=O) groups excluding carboxylic acids is 1. The van der Waals surface area contributed by atoms with Crippen molar-refractivity contribution in [3.63, 3.8) is 0 Å².